The van der Waals surface area contributed by atoms with E-state index < -0.39 is 5.97 Å². The fraction of sp³-hybridized carbons (Fsp3) is 0.308. The minimum atomic E-state index is -0.566. The molecule has 0 amide bonds. The van der Waals surface area contributed by atoms with Gasteiger partial charge in [-0.1, -0.05) is 42.5 Å². The number of piperazine rings is 1. The molecule has 4 rings (SSSR count). The van der Waals surface area contributed by atoms with E-state index in [0.717, 1.165) is 44.8 Å². The van der Waals surface area contributed by atoms with Crippen molar-refractivity contribution in [3.63, 3.8) is 0 Å². The van der Waals surface area contributed by atoms with Gasteiger partial charge in [0.2, 0.25) is 5.88 Å². The van der Waals surface area contributed by atoms with Crippen LogP contribution in [0.3, 0.4) is 0 Å². The van der Waals surface area contributed by atoms with Crippen molar-refractivity contribution in [1.29, 1.82) is 0 Å². The minimum absolute atomic E-state index is 0. The number of nitrogens with zero attached hydrogens (tertiary/aromatic N) is 3. The minimum Gasteiger partial charge on any atom is -0.496 e. The third-order valence-electron chi connectivity index (χ3n) is 5.72. The van der Waals surface area contributed by atoms with Crippen LogP contribution in [0.1, 0.15) is 21.5 Å². The third-order valence-corrected chi connectivity index (χ3v) is 5.72. The molecule has 3 aromatic rings. The first-order valence-corrected chi connectivity index (χ1v) is 11.0. The van der Waals surface area contributed by atoms with Crippen molar-refractivity contribution in [2.45, 2.75) is 13.1 Å². The number of aromatic nitrogens is 1. The lowest BCUT2D eigenvalue weighted by Gasteiger charge is -2.34. The second-order valence-electron chi connectivity index (χ2n) is 7.97. The smallest absolute Gasteiger partial charge is 0.352 e. The topological polar surface area (TPSA) is 64.1 Å². The van der Waals surface area contributed by atoms with Crippen molar-refractivity contribution in [2.75, 3.05) is 40.4 Å². The molecular weight excluding hydrogens is 525 g/mol. The average Bonchev–Trinajstić information content (AvgIpc) is 2.85. The molecule has 0 unspecified atom stereocenters. The SMILES string of the molecule is COc1ccnc(OC)c1C(=O)Oc1cccc(CN2CCN(Cc3ccccc3)CC2)c1.Cl.Cl.Cl. The van der Waals surface area contributed by atoms with Gasteiger partial charge in [0.1, 0.15) is 11.5 Å². The van der Waals surface area contributed by atoms with Crippen molar-refractivity contribution in [2.24, 2.45) is 0 Å². The Bertz CT molecular complexity index is 1060. The molecule has 196 valence electrons. The van der Waals surface area contributed by atoms with Crippen LogP contribution in [0.5, 0.6) is 17.4 Å². The Hall–Kier alpha value is -2.55. The predicted molar refractivity (Wildman–Crippen MR) is 147 cm³/mol. The molecule has 0 bridgehead atoms. The van der Waals surface area contributed by atoms with E-state index in [4.69, 9.17) is 14.2 Å². The van der Waals surface area contributed by atoms with Crippen LogP contribution < -0.4 is 14.2 Å². The van der Waals surface area contributed by atoms with Gasteiger partial charge in [-0.25, -0.2) is 9.78 Å². The van der Waals surface area contributed by atoms with Crippen LogP contribution in [-0.4, -0.2) is 61.2 Å². The van der Waals surface area contributed by atoms with E-state index in [1.165, 1.54) is 26.0 Å². The summed E-state index contributed by atoms with van der Waals surface area (Å²) in [5, 5.41) is 0. The highest BCUT2D eigenvalue weighted by atomic mass is 35.5. The first-order chi connectivity index (χ1) is 16.2. The van der Waals surface area contributed by atoms with Crippen LogP contribution >= 0.6 is 37.2 Å². The Balaban J connectivity index is 0.00000216. The van der Waals surface area contributed by atoms with Crippen LogP contribution in [0.2, 0.25) is 0 Å². The molecule has 7 nitrogen and oxygen atoms in total. The molecule has 0 atom stereocenters. The Morgan fingerprint density at radius 3 is 2.03 bits per heavy atom. The summed E-state index contributed by atoms with van der Waals surface area (Å²) in [6.07, 6.45) is 1.52. The number of carbonyl (C=O) groups excluding carboxylic acids is 1. The maximum Gasteiger partial charge on any atom is 0.352 e. The van der Waals surface area contributed by atoms with Crippen LogP contribution in [0.4, 0.5) is 0 Å². The molecule has 2 heterocycles. The molecule has 1 aromatic heterocycles. The number of hydrogen-bond acceptors (Lipinski definition) is 7. The van der Waals surface area contributed by atoms with E-state index in [1.807, 2.05) is 12.1 Å². The van der Waals surface area contributed by atoms with Gasteiger partial charge in [-0.15, -0.1) is 37.2 Å². The highest BCUT2D eigenvalue weighted by Crippen LogP contribution is 2.28. The van der Waals surface area contributed by atoms with Gasteiger partial charge >= 0.3 is 5.97 Å². The van der Waals surface area contributed by atoms with E-state index >= 15 is 0 Å². The molecule has 0 spiro atoms. The summed E-state index contributed by atoms with van der Waals surface area (Å²) in [6, 6.07) is 19.8. The summed E-state index contributed by atoms with van der Waals surface area (Å²) >= 11 is 0. The first-order valence-electron chi connectivity index (χ1n) is 11.0. The summed E-state index contributed by atoms with van der Waals surface area (Å²) in [5.41, 5.74) is 2.62. The third kappa shape index (κ3) is 8.25. The Morgan fingerprint density at radius 1 is 0.806 bits per heavy atom. The number of halogens is 3. The van der Waals surface area contributed by atoms with Gasteiger partial charge in [0.25, 0.3) is 0 Å². The molecule has 1 aliphatic rings. The summed E-state index contributed by atoms with van der Waals surface area (Å²) < 4.78 is 16.1. The monoisotopic (exact) mass is 555 g/mol. The van der Waals surface area contributed by atoms with Gasteiger partial charge in [-0.05, 0) is 29.3 Å². The van der Waals surface area contributed by atoms with E-state index in [0.29, 0.717) is 11.5 Å². The molecule has 1 aliphatic heterocycles. The second-order valence-corrected chi connectivity index (χ2v) is 7.97. The largest absolute Gasteiger partial charge is 0.496 e. The lowest BCUT2D eigenvalue weighted by atomic mass is 10.1. The molecule has 0 radical (unpaired) electrons. The quantitative estimate of drug-likeness (QED) is 0.289. The summed E-state index contributed by atoms with van der Waals surface area (Å²) in [5.74, 6) is 0.442. The van der Waals surface area contributed by atoms with Gasteiger partial charge in [0.15, 0.2) is 5.56 Å². The molecule has 2 aromatic carbocycles. The normalized spacial score (nSPS) is 13.4. The van der Waals surface area contributed by atoms with Crippen LogP contribution in [0.25, 0.3) is 0 Å². The van der Waals surface area contributed by atoms with Crippen LogP contribution in [-0.2, 0) is 13.1 Å². The van der Waals surface area contributed by atoms with Gasteiger partial charge in [-0.3, -0.25) is 9.80 Å². The lowest BCUT2D eigenvalue weighted by molar-refractivity contribution is 0.0726. The molecule has 0 aliphatic carbocycles. The maximum atomic E-state index is 12.8. The number of rotatable bonds is 8. The summed E-state index contributed by atoms with van der Waals surface area (Å²) in [4.78, 5) is 21.8. The van der Waals surface area contributed by atoms with Crippen molar-refractivity contribution in [3.05, 3.63) is 83.6 Å². The van der Waals surface area contributed by atoms with Gasteiger partial charge < -0.3 is 14.2 Å². The molecule has 36 heavy (non-hydrogen) atoms. The van der Waals surface area contributed by atoms with Crippen molar-refractivity contribution in [3.8, 4) is 17.4 Å². The zero-order valence-electron chi connectivity index (χ0n) is 20.3. The number of pyridine rings is 1. The summed E-state index contributed by atoms with van der Waals surface area (Å²) in [7, 11) is 2.95. The highest BCUT2D eigenvalue weighted by Gasteiger charge is 2.22. The number of hydrogen-bond donors (Lipinski definition) is 0. The van der Waals surface area contributed by atoms with Crippen molar-refractivity contribution >= 4 is 43.2 Å². The number of ether oxygens (including phenoxy) is 3. The Kier molecular flexibility index (Phi) is 13.6. The lowest BCUT2D eigenvalue weighted by Crippen LogP contribution is -2.45. The highest BCUT2D eigenvalue weighted by molar-refractivity contribution is 5.96. The number of esters is 1. The summed E-state index contributed by atoms with van der Waals surface area (Å²) in [6.45, 7) is 5.86. The van der Waals surface area contributed by atoms with Crippen molar-refractivity contribution < 1.29 is 19.0 Å². The van der Waals surface area contributed by atoms with E-state index in [1.54, 1.807) is 12.1 Å². The zero-order valence-corrected chi connectivity index (χ0v) is 22.7. The van der Waals surface area contributed by atoms with Gasteiger partial charge in [-0.2, -0.15) is 0 Å². The van der Waals surface area contributed by atoms with E-state index in [-0.39, 0.29) is 48.7 Å². The number of methoxy groups -OCH3 is 2. The molecule has 1 fully saturated rings. The Morgan fingerprint density at radius 2 is 1.42 bits per heavy atom. The fourth-order valence-electron chi connectivity index (χ4n) is 4.01. The predicted octanol–water partition coefficient (Wildman–Crippen LogP) is 4.90. The second kappa shape index (κ2) is 15.5. The fourth-order valence-corrected chi connectivity index (χ4v) is 4.01. The standard InChI is InChI=1S/C26H29N3O4.3ClH/c1-31-23-11-12-27-25(32-2)24(23)26(30)33-22-10-6-9-21(17-22)19-29-15-13-28(14-16-29)18-20-7-4-3-5-8-20;;;/h3-12,17H,13-16,18-19H2,1-2H3;3*1H. The first kappa shape index (κ1) is 31.5. The van der Waals surface area contributed by atoms with Crippen LogP contribution in [0.15, 0.2) is 66.9 Å². The van der Waals surface area contributed by atoms with Gasteiger partial charge in [0, 0.05) is 45.5 Å². The molecule has 0 saturated carbocycles. The zero-order chi connectivity index (χ0) is 23.0. The molecule has 10 heteroatoms. The molecule has 0 N–H and O–H groups in total. The maximum absolute atomic E-state index is 12.8. The molecular formula is C26H32Cl3N3O4. The average molecular weight is 557 g/mol. The van der Waals surface area contributed by atoms with Crippen molar-refractivity contribution in [1.82, 2.24) is 14.8 Å². The van der Waals surface area contributed by atoms with E-state index in [9.17, 15) is 4.79 Å². The van der Waals surface area contributed by atoms with Gasteiger partial charge in [0.05, 0.1) is 14.2 Å². The van der Waals surface area contributed by atoms with Crippen LogP contribution in [0, 0.1) is 0 Å². The molecule has 1 saturated heterocycles. The Labute approximate surface area is 231 Å². The number of carbonyl (C=O) groups is 1. The van der Waals surface area contributed by atoms with E-state index in [2.05, 4.69) is 51.2 Å². The number of benzene rings is 2.